The molecule has 3 atom stereocenters. The topological polar surface area (TPSA) is 121 Å². The number of aryl methyl sites for hydroxylation is 1. The Bertz CT molecular complexity index is 1240. The van der Waals surface area contributed by atoms with Crippen molar-refractivity contribution in [2.45, 2.75) is 50.3 Å². The largest absolute Gasteiger partial charge is 0.391 e. The fraction of sp³-hybridized carbons (Fsp3) is 0.429. The van der Waals surface area contributed by atoms with Gasteiger partial charge in [0.1, 0.15) is 17.8 Å². The Kier molecular flexibility index (Phi) is 4.97. The Morgan fingerprint density at radius 2 is 2.03 bits per heavy atom. The second-order valence-corrected chi connectivity index (χ2v) is 9.83. The zero-order valence-electron chi connectivity index (χ0n) is 17.1. The Morgan fingerprint density at radius 1 is 1.19 bits per heavy atom. The summed E-state index contributed by atoms with van der Waals surface area (Å²) in [4.78, 5) is 8.91. The molecule has 3 aromatic rings. The predicted molar refractivity (Wildman–Crippen MR) is 117 cm³/mol. The van der Waals surface area contributed by atoms with Crippen molar-refractivity contribution in [2.24, 2.45) is 0 Å². The van der Waals surface area contributed by atoms with Gasteiger partial charge in [-0.1, -0.05) is 12.1 Å². The van der Waals surface area contributed by atoms with E-state index in [0.717, 1.165) is 40.3 Å². The van der Waals surface area contributed by atoms with Crippen LogP contribution in [0.4, 0.5) is 11.5 Å². The molecule has 2 aromatic heterocycles. The van der Waals surface area contributed by atoms with E-state index in [2.05, 4.69) is 33.5 Å². The minimum Gasteiger partial charge on any atom is -0.391 e. The van der Waals surface area contributed by atoms with Gasteiger partial charge in [0.15, 0.2) is 0 Å². The van der Waals surface area contributed by atoms with Gasteiger partial charge in [-0.15, -0.1) is 0 Å². The lowest BCUT2D eigenvalue weighted by Crippen LogP contribution is -2.41. The third-order valence-corrected chi connectivity index (χ3v) is 7.60. The first-order valence-electron chi connectivity index (χ1n) is 10.4. The molecule has 31 heavy (non-hydrogen) atoms. The summed E-state index contributed by atoms with van der Waals surface area (Å²) in [6.45, 7) is 0. The number of likely N-dealkylation sites (N-methyl/N-ethyl adjacent to an activating group) is 1. The first kappa shape index (κ1) is 20.4. The number of rotatable bonds is 5. The smallest absolute Gasteiger partial charge is 0.335 e. The molecule has 9 nitrogen and oxygen atoms in total. The summed E-state index contributed by atoms with van der Waals surface area (Å²) >= 11 is 0. The zero-order chi connectivity index (χ0) is 21.8. The van der Waals surface area contributed by atoms with Crippen LogP contribution in [0.15, 0.2) is 36.8 Å². The fourth-order valence-corrected chi connectivity index (χ4v) is 5.56. The minimum absolute atomic E-state index is 0.148. The number of nitrogens with zero attached hydrogens (tertiary/aromatic N) is 4. The number of hydrogen-bond acceptors (Lipinski definition) is 6. The molecule has 2 aliphatic rings. The van der Waals surface area contributed by atoms with E-state index in [-0.39, 0.29) is 6.04 Å². The number of aliphatic hydroxyl groups is 1. The third-order valence-electron chi connectivity index (χ3n) is 6.60. The molecule has 5 rings (SSSR count). The molecular weight excluding hydrogens is 418 g/mol. The standard InChI is InChI=1S/C21H25N5O4S/c1-25(31(28,29)30)18-10-14(11-19(18)27)26-9-8-16-20(22-12-23-21(16)26)24-17-7-3-5-13-4-2-6-15(13)17/h3,5,7-9,12,14,18-19,27H,2,4,6,10-11H2,1H3,(H,22,23,24)(H,28,29,30)/t14-,18+,19+/m1/s1. The SMILES string of the molecule is CN([C@H]1C[C@@H](n2ccc3c(Nc4cccc5c4CCC5)ncnc32)C[C@@H]1O)S(=O)(=O)O. The van der Waals surface area contributed by atoms with Gasteiger partial charge in [-0.25, -0.2) is 9.97 Å². The highest BCUT2D eigenvalue weighted by atomic mass is 32.2. The number of nitrogens with one attached hydrogen (secondary N) is 1. The molecule has 1 fully saturated rings. The number of aliphatic hydroxyl groups excluding tert-OH is 1. The molecular formula is C21H25N5O4S. The maximum Gasteiger partial charge on any atom is 0.335 e. The van der Waals surface area contributed by atoms with Crippen LogP contribution in [0, 0.1) is 0 Å². The third kappa shape index (κ3) is 3.59. The van der Waals surface area contributed by atoms with Crippen molar-refractivity contribution in [1.29, 1.82) is 0 Å². The summed E-state index contributed by atoms with van der Waals surface area (Å²) in [5.74, 6) is 0.717. The normalized spacial score (nSPS) is 23.5. The maximum atomic E-state index is 11.5. The second-order valence-electron chi connectivity index (χ2n) is 8.36. The van der Waals surface area contributed by atoms with Crippen molar-refractivity contribution in [2.75, 3.05) is 12.4 Å². The monoisotopic (exact) mass is 443 g/mol. The van der Waals surface area contributed by atoms with Gasteiger partial charge in [-0.2, -0.15) is 12.7 Å². The number of hydrogen-bond donors (Lipinski definition) is 3. The Hall–Kier alpha value is -2.53. The molecule has 0 amide bonds. The van der Waals surface area contributed by atoms with Crippen LogP contribution in [0.3, 0.4) is 0 Å². The average Bonchev–Trinajstić information content (AvgIpc) is 3.45. The summed E-state index contributed by atoms with van der Waals surface area (Å²) in [5.41, 5.74) is 4.50. The molecule has 1 saturated carbocycles. The van der Waals surface area contributed by atoms with Crippen molar-refractivity contribution in [3.63, 3.8) is 0 Å². The first-order chi connectivity index (χ1) is 14.8. The van der Waals surface area contributed by atoms with Gasteiger partial charge >= 0.3 is 10.3 Å². The van der Waals surface area contributed by atoms with Crippen LogP contribution in [0.25, 0.3) is 11.0 Å². The molecule has 1 aromatic carbocycles. The summed E-state index contributed by atoms with van der Waals surface area (Å²) in [7, 11) is -3.09. The highest BCUT2D eigenvalue weighted by Gasteiger charge is 2.40. The Morgan fingerprint density at radius 3 is 2.84 bits per heavy atom. The molecule has 3 N–H and O–H groups in total. The zero-order valence-corrected chi connectivity index (χ0v) is 18.0. The average molecular weight is 444 g/mol. The van der Waals surface area contributed by atoms with Crippen LogP contribution in [-0.2, 0) is 23.1 Å². The van der Waals surface area contributed by atoms with Gasteiger partial charge in [-0.05, 0) is 55.4 Å². The van der Waals surface area contributed by atoms with E-state index >= 15 is 0 Å². The molecule has 0 spiro atoms. The van der Waals surface area contributed by atoms with Gasteiger partial charge in [0, 0.05) is 25.0 Å². The number of fused-ring (bicyclic) bond motifs is 2. The van der Waals surface area contributed by atoms with E-state index in [4.69, 9.17) is 0 Å². The minimum atomic E-state index is -4.37. The van der Waals surface area contributed by atoms with E-state index in [1.165, 1.54) is 24.5 Å². The van der Waals surface area contributed by atoms with Crippen LogP contribution >= 0.6 is 0 Å². The fourth-order valence-electron chi connectivity index (χ4n) is 4.99. The van der Waals surface area contributed by atoms with E-state index in [9.17, 15) is 18.1 Å². The lowest BCUT2D eigenvalue weighted by atomic mass is 10.1. The van der Waals surface area contributed by atoms with E-state index in [1.807, 2.05) is 16.8 Å². The number of aromatic nitrogens is 3. The second kappa shape index (κ2) is 7.56. The molecule has 2 heterocycles. The van der Waals surface area contributed by atoms with E-state index < -0.39 is 22.4 Å². The summed E-state index contributed by atoms with van der Waals surface area (Å²) in [6, 6.07) is 7.40. The molecule has 0 radical (unpaired) electrons. The van der Waals surface area contributed by atoms with Crippen LogP contribution in [0.1, 0.15) is 36.4 Å². The van der Waals surface area contributed by atoms with Gasteiger partial charge in [0.05, 0.1) is 17.5 Å². The Labute approximate surface area is 180 Å². The maximum absolute atomic E-state index is 11.5. The van der Waals surface area contributed by atoms with Crippen LogP contribution in [0.5, 0.6) is 0 Å². The molecule has 0 aliphatic heterocycles. The summed E-state index contributed by atoms with van der Waals surface area (Å²) in [5, 5.41) is 14.8. The van der Waals surface area contributed by atoms with Crippen LogP contribution in [0.2, 0.25) is 0 Å². The number of anilines is 2. The van der Waals surface area contributed by atoms with Crippen molar-refractivity contribution in [3.05, 3.63) is 47.9 Å². The predicted octanol–water partition coefficient (Wildman–Crippen LogP) is 2.46. The van der Waals surface area contributed by atoms with Gasteiger partial charge in [0.2, 0.25) is 0 Å². The lowest BCUT2D eigenvalue weighted by Gasteiger charge is -2.23. The highest BCUT2D eigenvalue weighted by Crippen LogP contribution is 2.37. The molecule has 0 bridgehead atoms. The Balaban J connectivity index is 1.45. The lowest BCUT2D eigenvalue weighted by molar-refractivity contribution is 0.117. The van der Waals surface area contributed by atoms with E-state index in [1.54, 1.807) is 0 Å². The molecule has 164 valence electrons. The van der Waals surface area contributed by atoms with Crippen LogP contribution < -0.4 is 5.32 Å². The molecule has 2 aliphatic carbocycles. The van der Waals surface area contributed by atoms with Crippen molar-refractivity contribution in [1.82, 2.24) is 18.8 Å². The molecule has 0 unspecified atom stereocenters. The number of benzene rings is 1. The van der Waals surface area contributed by atoms with Crippen molar-refractivity contribution >= 4 is 32.8 Å². The quantitative estimate of drug-likeness (QED) is 0.518. The van der Waals surface area contributed by atoms with Gasteiger partial charge in [-0.3, -0.25) is 4.55 Å². The van der Waals surface area contributed by atoms with Gasteiger partial charge in [0.25, 0.3) is 0 Å². The van der Waals surface area contributed by atoms with Crippen molar-refractivity contribution < 1.29 is 18.1 Å². The highest BCUT2D eigenvalue weighted by molar-refractivity contribution is 7.83. The molecule has 10 heteroatoms. The molecule has 0 saturated heterocycles. The summed E-state index contributed by atoms with van der Waals surface area (Å²) in [6.07, 6.45) is 6.59. The summed E-state index contributed by atoms with van der Waals surface area (Å²) < 4.78 is 35.1. The van der Waals surface area contributed by atoms with Gasteiger partial charge < -0.3 is 15.0 Å². The first-order valence-corrected chi connectivity index (χ1v) is 11.8. The van der Waals surface area contributed by atoms with E-state index in [0.29, 0.717) is 18.7 Å². The van der Waals surface area contributed by atoms with Crippen LogP contribution in [-0.4, -0.2) is 56.1 Å². The van der Waals surface area contributed by atoms with Crippen molar-refractivity contribution in [3.8, 4) is 0 Å².